The summed E-state index contributed by atoms with van der Waals surface area (Å²) in [5.74, 6) is 2.56. The summed E-state index contributed by atoms with van der Waals surface area (Å²) in [4.78, 5) is 2.54. The third kappa shape index (κ3) is 4.11. The van der Waals surface area contributed by atoms with Crippen LogP contribution in [0, 0.1) is 11.8 Å². The fourth-order valence-electron chi connectivity index (χ4n) is 2.93. The van der Waals surface area contributed by atoms with E-state index in [1.807, 2.05) is 30.3 Å². The normalized spacial score (nSPS) is 26.4. The van der Waals surface area contributed by atoms with Gasteiger partial charge in [-0.05, 0) is 36.8 Å². The van der Waals surface area contributed by atoms with Gasteiger partial charge >= 0.3 is 0 Å². The summed E-state index contributed by atoms with van der Waals surface area (Å²) in [5.41, 5.74) is 0. The number of halogens is 1. The highest BCUT2D eigenvalue weighted by molar-refractivity contribution is 5.85. The maximum atomic E-state index is 5.89. The van der Waals surface area contributed by atoms with Gasteiger partial charge in [-0.1, -0.05) is 18.2 Å². The molecule has 2 fully saturated rings. The smallest absolute Gasteiger partial charge is 0.119 e. The minimum atomic E-state index is 0. The van der Waals surface area contributed by atoms with Crippen molar-refractivity contribution in [1.82, 2.24) is 4.90 Å². The van der Waals surface area contributed by atoms with Gasteiger partial charge < -0.3 is 9.47 Å². The highest BCUT2D eigenvalue weighted by atomic mass is 35.5. The van der Waals surface area contributed by atoms with Gasteiger partial charge in [0.25, 0.3) is 0 Å². The minimum absolute atomic E-state index is 0. The Morgan fingerprint density at radius 2 is 1.75 bits per heavy atom. The first kappa shape index (κ1) is 15.6. The number of rotatable bonds is 5. The van der Waals surface area contributed by atoms with E-state index in [2.05, 4.69) is 4.90 Å². The Morgan fingerprint density at radius 1 is 1.05 bits per heavy atom. The third-order valence-corrected chi connectivity index (χ3v) is 4.38. The van der Waals surface area contributed by atoms with Crippen LogP contribution >= 0.6 is 12.4 Å². The van der Waals surface area contributed by atoms with Crippen molar-refractivity contribution in [2.24, 2.45) is 11.8 Å². The molecule has 1 aromatic rings. The number of morpholine rings is 1. The predicted molar refractivity (Wildman–Crippen MR) is 82.7 cm³/mol. The molecule has 112 valence electrons. The molecule has 0 N–H and O–H groups in total. The Bertz CT molecular complexity index is 381. The van der Waals surface area contributed by atoms with Crippen molar-refractivity contribution in [3.8, 4) is 5.75 Å². The number of benzene rings is 1. The first-order valence-corrected chi connectivity index (χ1v) is 7.40. The summed E-state index contributed by atoms with van der Waals surface area (Å²) in [5, 5.41) is 0. The van der Waals surface area contributed by atoms with Crippen molar-refractivity contribution < 1.29 is 9.47 Å². The summed E-state index contributed by atoms with van der Waals surface area (Å²) in [6.45, 7) is 6.10. The Labute approximate surface area is 127 Å². The number of para-hydroxylation sites is 1. The molecule has 0 bridgehead atoms. The molecule has 1 aliphatic carbocycles. The SMILES string of the molecule is Cl.c1ccc(OC[C@@H]2CC[C@@H]2CN2CCOCC2)cc1. The zero-order chi connectivity index (χ0) is 12.9. The quantitative estimate of drug-likeness (QED) is 0.834. The Hall–Kier alpha value is -0.770. The van der Waals surface area contributed by atoms with E-state index in [0.29, 0.717) is 0 Å². The van der Waals surface area contributed by atoms with Crippen LogP contribution in [-0.2, 0) is 4.74 Å². The van der Waals surface area contributed by atoms with E-state index in [4.69, 9.17) is 9.47 Å². The lowest BCUT2D eigenvalue weighted by atomic mass is 9.74. The van der Waals surface area contributed by atoms with Gasteiger partial charge in [-0.3, -0.25) is 4.90 Å². The van der Waals surface area contributed by atoms with Crippen LogP contribution in [0.1, 0.15) is 12.8 Å². The fraction of sp³-hybridized carbons (Fsp3) is 0.625. The van der Waals surface area contributed by atoms with Crippen LogP contribution < -0.4 is 4.74 Å². The van der Waals surface area contributed by atoms with Crippen LogP contribution in [0.5, 0.6) is 5.75 Å². The second kappa shape index (κ2) is 7.87. The van der Waals surface area contributed by atoms with Crippen molar-refractivity contribution >= 4 is 12.4 Å². The Kier molecular flexibility index (Phi) is 6.14. The first-order chi connectivity index (χ1) is 9.42. The molecule has 2 aliphatic rings. The summed E-state index contributed by atoms with van der Waals surface area (Å²) in [6.07, 6.45) is 2.68. The number of ether oxygens (including phenoxy) is 2. The molecule has 1 aliphatic heterocycles. The molecule has 1 aromatic carbocycles. The van der Waals surface area contributed by atoms with Gasteiger partial charge in [-0.25, -0.2) is 0 Å². The Balaban J connectivity index is 0.00000147. The first-order valence-electron chi connectivity index (χ1n) is 7.40. The van der Waals surface area contributed by atoms with E-state index < -0.39 is 0 Å². The molecular formula is C16H24ClNO2. The van der Waals surface area contributed by atoms with Gasteiger partial charge in [-0.2, -0.15) is 0 Å². The molecule has 2 atom stereocenters. The summed E-state index contributed by atoms with van der Waals surface area (Å²) in [6, 6.07) is 10.2. The molecule has 4 heteroatoms. The number of nitrogens with zero attached hydrogens (tertiary/aromatic N) is 1. The van der Waals surface area contributed by atoms with Gasteiger partial charge in [0.15, 0.2) is 0 Å². The van der Waals surface area contributed by atoms with Gasteiger partial charge in [0.2, 0.25) is 0 Å². The van der Waals surface area contributed by atoms with E-state index in [1.165, 1.54) is 19.4 Å². The molecule has 0 unspecified atom stereocenters. The lowest BCUT2D eigenvalue weighted by Crippen LogP contribution is -2.44. The standard InChI is InChI=1S/C16H23NO2.ClH/c1-2-4-16(5-3-1)19-13-15-7-6-14(15)12-17-8-10-18-11-9-17;/h1-5,14-15H,6-13H2;1H/t14-,15+;/m1./s1. The number of hydrogen-bond acceptors (Lipinski definition) is 3. The summed E-state index contributed by atoms with van der Waals surface area (Å²) >= 11 is 0. The average molecular weight is 298 g/mol. The predicted octanol–water partition coefficient (Wildman–Crippen LogP) is 2.85. The van der Waals surface area contributed by atoms with Crippen LogP contribution in [0.2, 0.25) is 0 Å². The van der Waals surface area contributed by atoms with Crippen molar-refractivity contribution in [3.63, 3.8) is 0 Å². The second-order valence-electron chi connectivity index (χ2n) is 5.63. The molecule has 3 rings (SSSR count). The zero-order valence-electron chi connectivity index (χ0n) is 11.9. The fourth-order valence-corrected chi connectivity index (χ4v) is 2.93. The van der Waals surface area contributed by atoms with E-state index in [1.54, 1.807) is 0 Å². The maximum absolute atomic E-state index is 5.89. The molecule has 3 nitrogen and oxygen atoms in total. The molecule has 0 spiro atoms. The lowest BCUT2D eigenvalue weighted by Gasteiger charge is -2.40. The van der Waals surface area contributed by atoms with Crippen molar-refractivity contribution in [2.45, 2.75) is 12.8 Å². The zero-order valence-corrected chi connectivity index (χ0v) is 12.7. The van der Waals surface area contributed by atoms with Crippen LogP contribution in [-0.4, -0.2) is 44.4 Å². The van der Waals surface area contributed by atoms with E-state index in [-0.39, 0.29) is 12.4 Å². The van der Waals surface area contributed by atoms with E-state index >= 15 is 0 Å². The number of hydrogen-bond donors (Lipinski definition) is 0. The van der Waals surface area contributed by atoms with Crippen molar-refractivity contribution in [3.05, 3.63) is 30.3 Å². The van der Waals surface area contributed by atoms with Gasteiger partial charge in [0.05, 0.1) is 19.8 Å². The maximum Gasteiger partial charge on any atom is 0.119 e. The van der Waals surface area contributed by atoms with E-state index in [0.717, 1.165) is 50.5 Å². The topological polar surface area (TPSA) is 21.7 Å². The molecular weight excluding hydrogens is 274 g/mol. The molecule has 20 heavy (non-hydrogen) atoms. The third-order valence-electron chi connectivity index (χ3n) is 4.38. The van der Waals surface area contributed by atoms with Crippen LogP contribution in [0.25, 0.3) is 0 Å². The van der Waals surface area contributed by atoms with Crippen LogP contribution in [0.15, 0.2) is 30.3 Å². The van der Waals surface area contributed by atoms with Crippen LogP contribution in [0.3, 0.4) is 0 Å². The van der Waals surface area contributed by atoms with Gasteiger partial charge in [0.1, 0.15) is 5.75 Å². The molecule has 0 aromatic heterocycles. The van der Waals surface area contributed by atoms with Crippen molar-refractivity contribution in [1.29, 1.82) is 0 Å². The van der Waals surface area contributed by atoms with Gasteiger partial charge in [0, 0.05) is 19.6 Å². The van der Waals surface area contributed by atoms with Crippen LogP contribution in [0.4, 0.5) is 0 Å². The minimum Gasteiger partial charge on any atom is -0.493 e. The average Bonchev–Trinajstić information content (AvgIpc) is 2.46. The van der Waals surface area contributed by atoms with Gasteiger partial charge in [-0.15, -0.1) is 12.4 Å². The monoisotopic (exact) mass is 297 g/mol. The van der Waals surface area contributed by atoms with E-state index in [9.17, 15) is 0 Å². The largest absolute Gasteiger partial charge is 0.493 e. The highest BCUT2D eigenvalue weighted by Gasteiger charge is 2.32. The lowest BCUT2D eigenvalue weighted by molar-refractivity contribution is 0.00483. The summed E-state index contributed by atoms with van der Waals surface area (Å²) < 4.78 is 11.3. The second-order valence-corrected chi connectivity index (χ2v) is 5.63. The summed E-state index contributed by atoms with van der Waals surface area (Å²) in [7, 11) is 0. The Morgan fingerprint density at radius 3 is 2.40 bits per heavy atom. The highest BCUT2D eigenvalue weighted by Crippen LogP contribution is 2.35. The molecule has 1 heterocycles. The molecule has 0 radical (unpaired) electrons. The van der Waals surface area contributed by atoms with Crippen molar-refractivity contribution in [2.75, 3.05) is 39.5 Å². The molecule has 0 amide bonds. The molecule has 1 saturated heterocycles. The molecule has 1 saturated carbocycles.